The van der Waals surface area contributed by atoms with Crippen molar-refractivity contribution in [3.05, 3.63) is 0 Å². The second kappa shape index (κ2) is 4.39. The Hall–Kier alpha value is -0.440. The second-order valence-electron chi connectivity index (χ2n) is 2.91. The monoisotopic (exact) mass is 138 g/mol. The van der Waals surface area contributed by atoms with Crippen LogP contribution in [0.1, 0.15) is 46.5 Å². The normalized spacial score (nSPS) is 20.6. The summed E-state index contributed by atoms with van der Waals surface area (Å²) in [7, 11) is 0. The molecule has 0 saturated heterocycles. The molecule has 0 heteroatoms. The van der Waals surface area contributed by atoms with E-state index in [1.165, 1.54) is 25.7 Å². The van der Waals surface area contributed by atoms with Crippen LogP contribution in [0.5, 0.6) is 0 Å². The average Bonchev–Trinajstić information content (AvgIpc) is 2.42. The van der Waals surface area contributed by atoms with Crippen LogP contribution in [-0.2, 0) is 0 Å². The van der Waals surface area contributed by atoms with Gasteiger partial charge in [0.15, 0.2) is 0 Å². The van der Waals surface area contributed by atoms with Gasteiger partial charge in [-0.2, -0.15) is 0 Å². The topological polar surface area (TPSA) is 0 Å². The first-order chi connectivity index (χ1) is 4.77. The molecule has 0 spiro atoms. The van der Waals surface area contributed by atoms with Crippen LogP contribution in [0, 0.1) is 17.8 Å². The fourth-order valence-electron chi connectivity index (χ4n) is 1.30. The summed E-state index contributed by atoms with van der Waals surface area (Å²) in [6, 6.07) is 0. The van der Waals surface area contributed by atoms with Gasteiger partial charge in [0.25, 0.3) is 0 Å². The number of hydrogen-bond donors (Lipinski definition) is 0. The Kier molecular flexibility index (Phi) is 4.19. The Morgan fingerprint density at radius 1 is 1.20 bits per heavy atom. The van der Waals surface area contributed by atoms with Gasteiger partial charge in [-0.05, 0) is 19.8 Å². The van der Waals surface area contributed by atoms with Gasteiger partial charge >= 0.3 is 0 Å². The molecule has 0 atom stereocenters. The maximum Gasteiger partial charge on any atom is 0.0284 e. The molecule has 0 aromatic heterocycles. The fraction of sp³-hybridized carbons (Fsp3) is 0.800. The molecule has 0 amide bonds. The van der Waals surface area contributed by atoms with Crippen LogP contribution in [0.15, 0.2) is 0 Å². The van der Waals surface area contributed by atoms with Crippen LogP contribution >= 0.6 is 0 Å². The Labute approximate surface area is 65.0 Å². The van der Waals surface area contributed by atoms with E-state index in [-0.39, 0.29) is 5.41 Å². The summed E-state index contributed by atoms with van der Waals surface area (Å²) >= 11 is 0. The maximum absolute atomic E-state index is 5.32. The number of rotatable bonds is 0. The highest BCUT2D eigenvalue weighted by atomic mass is 14.3. The smallest absolute Gasteiger partial charge is 0.0284 e. The molecule has 1 saturated carbocycles. The average molecular weight is 138 g/mol. The minimum atomic E-state index is 0.264. The molecular weight excluding hydrogens is 120 g/mol. The van der Waals surface area contributed by atoms with Crippen molar-refractivity contribution in [2.45, 2.75) is 46.5 Å². The van der Waals surface area contributed by atoms with E-state index >= 15 is 0 Å². The van der Waals surface area contributed by atoms with Gasteiger partial charge in [0.2, 0.25) is 0 Å². The van der Waals surface area contributed by atoms with Crippen LogP contribution in [-0.4, -0.2) is 0 Å². The molecule has 58 valence electrons. The van der Waals surface area contributed by atoms with Gasteiger partial charge in [-0.15, -0.1) is 12.3 Å². The summed E-state index contributed by atoms with van der Waals surface area (Å²) in [6.45, 7) is 6.18. The molecule has 10 heavy (non-hydrogen) atoms. The Morgan fingerprint density at radius 3 is 1.80 bits per heavy atom. The van der Waals surface area contributed by atoms with Gasteiger partial charge < -0.3 is 0 Å². The molecule has 0 radical (unpaired) electrons. The fourth-order valence-corrected chi connectivity index (χ4v) is 1.30. The first-order valence-electron chi connectivity index (χ1n) is 4.25. The van der Waals surface area contributed by atoms with Crippen LogP contribution in [0.3, 0.4) is 0 Å². The van der Waals surface area contributed by atoms with Crippen LogP contribution in [0.25, 0.3) is 0 Å². The Morgan fingerprint density at radius 2 is 1.60 bits per heavy atom. The maximum atomic E-state index is 5.32. The van der Waals surface area contributed by atoms with Gasteiger partial charge in [0, 0.05) is 5.41 Å². The lowest BCUT2D eigenvalue weighted by molar-refractivity contribution is 0.469. The van der Waals surface area contributed by atoms with Crippen molar-refractivity contribution < 1.29 is 0 Å². The van der Waals surface area contributed by atoms with Crippen molar-refractivity contribution in [2.24, 2.45) is 5.41 Å². The van der Waals surface area contributed by atoms with E-state index in [1.54, 1.807) is 0 Å². The molecule has 1 aliphatic rings. The van der Waals surface area contributed by atoms with Crippen LogP contribution in [0.2, 0.25) is 0 Å². The van der Waals surface area contributed by atoms with Crippen molar-refractivity contribution in [3.63, 3.8) is 0 Å². The highest BCUT2D eigenvalue weighted by molar-refractivity contribution is 5.05. The summed E-state index contributed by atoms with van der Waals surface area (Å²) in [6.07, 6.45) is 10.5. The van der Waals surface area contributed by atoms with E-state index in [0.29, 0.717) is 0 Å². The standard InChI is InChI=1S/C8H12.C2H6/c1-3-8(2)6-4-5-7-8;1-2/h1H,4-7H2,2H3;1-2H3. The summed E-state index contributed by atoms with van der Waals surface area (Å²) in [5.41, 5.74) is 0.264. The van der Waals surface area contributed by atoms with Crippen LogP contribution in [0.4, 0.5) is 0 Å². The van der Waals surface area contributed by atoms with Crippen molar-refractivity contribution in [3.8, 4) is 12.3 Å². The highest BCUT2D eigenvalue weighted by Crippen LogP contribution is 2.36. The quantitative estimate of drug-likeness (QED) is 0.451. The highest BCUT2D eigenvalue weighted by Gasteiger charge is 2.25. The lowest BCUT2D eigenvalue weighted by Gasteiger charge is -2.12. The van der Waals surface area contributed by atoms with Crippen molar-refractivity contribution >= 4 is 0 Å². The second-order valence-corrected chi connectivity index (χ2v) is 2.91. The Bertz CT molecular complexity index is 110. The molecule has 0 nitrogen and oxygen atoms in total. The third-order valence-electron chi connectivity index (χ3n) is 2.06. The molecule has 0 bridgehead atoms. The molecule has 0 aliphatic heterocycles. The third kappa shape index (κ3) is 2.43. The number of hydrogen-bond acceptors (Lipinski definition) is 0. The van der Waals surface area contributed by atoms with Crippen molar-refractivity contribution in [1.82, 2.24) is 0 Å². The van der Waals surface area contributed by atoms with E-state index < -0.39 is 0 Å². The molecule has 1 rings (SSSR count). The van der Waals surface area contributed by atoms with Gasteiger partial charge in [0.05, 0.1) is 0 Å². The summed E-state index contributed by atoms with van der Waals surface area (Å²) in [5.74, 6) is 2.84. The molecule has 0 N–H and O–H groups in total. The molecule has 1 fully saturated rings. The molecule has 0 aromatic carbocycles. The van der Waals surface area contributed by atoms with E-state index in [0.717, 1.165) is 0 Å². The SMILES string of the molecule is C#CC1(C)CCCC1.CC. The van der Waals surface area contributed by atoms with Crippen molar-refractivity contribution in [2.75, 3.05) is 0 Å². The minimum Gasteiger partial charge on any atom is -0.120 e. The van der Waals surface area contributed by atoms with E-state index in [2.05, 4.69) is 12.8 Å². The summed E-state index contributed by atoms with van der Waals surface area (Å²) < 4.78 is 0. The largest absolute Gasteiger partial charge is 0.120 e. The molecular formula is C10H18. The van der Waals surface area contributed by atoms with Crippen molar-refractivity contribution in [1.29, 1.82) is 0 Å². The predicted molar refractivity (Wildman–Crippen MR) is 46.8 cm³/mol. The van der Waals surface area contributed by atoms with E-state index in [1.807, 2.05) is 13.8 Å². The third-order valence-corrected chi connectivity index (χ3v) is 2.06. The van der Waals surface area contributed by atoms with Crippen LogP contribution < -0.4 is 0 Å². The summed E-state index contributed by atoms with van der Waals surface area (Å²) in [4.78, 5) is 0. The molecule has 0 heterocycles. The zero-order valence-electron chi connectivity index (χ0n) is 7.41. The first-order valence-corrected chi connectivity index (χ1v) is 4.25. The van der Waals surface area contributed by atoms with Gasteiger partial charge in [-0.1, -0.05) is 26.7 Å². The first kappa shape index (κ1) is 9.56. The minimum absolute atomic E-state index is 0.264. The molecule has 0 unspecified atom stereocenters. The lowest BCUT2D eigenvalue weighted by Crippen LogP contribution is -2.05. The molecule has 1 aliphatic carbocycles. The van der Waals surface area contributed by atoms with E-state index in [4.69, 9.17) is 6.42 Å². The Balaban J connectivity index is 0.000000371. The lowest BCUT2D eigenvalue weighted by atomic mass is 9.90. The number of terminal acetylenes is 1. The zero-order chi connectivity index (χ0) is 8.04. The van der Waals surface area contributed by atoms with Gasteiger partial charge in [0.1, 0.15) is 0 Å². The van der Waals surface area contributed by atoms with E-state index in [9.17, 15) is 0 Å². The predicted octanol–water partition coefficient (Wildman–Crippen LogP) is 3.23. The molecule has 0 aromatic rings. The summed E-state index contributed by atoms with van der Waals surface area (Å²) in [5, 5.41) is 0. The van der Waals surface area contributed by atoms with Gasteiger partial charge in [-0.3, -0.25) is 0 Å². The van der Waals surface area contributed by atoms with Gasteiger partial charge in [-0.25, -0.2) is 0 Å². The zero-order valence-corrected chi connectivity index (χ0v) is 7.41.